The van der Waals surface area contributed by atoms with Gasteiger partial charge in [0.2, 0.25) is 20.9 Å². The zero-order chi connectivity index (χ0) is 24.6. The lowest BCUT2D eigenvalue weighted by molar-refractivity contribution is -0.132. The normalized spacial score (nSPS) is 12.0. The molecule has 0 spiro atoms. The largest absolute Gasteiger partial charge is 0.383 e. The number of ether oxygens (including phenoxy) is 1. The summed E-state index contributed by atoms with van der Waals surface area (Å²) >= 11 is 0. The number of sulfone groups is 1. The number of likely N-dealkylation sites (N-methyl/N-ethyl adjacent to an activating group) is 1. The topological polar surface area (TPSA) is 84.7 Å². The summed E-state index contributed by atoms with van der Waals surface area (Å²) in [6, 6.07) is 5.36. The average Bonchev–Trinajstić information content (AvgIpc) is 3.13. The molecular weight excluding hydrogens is 447 g/mol. The molecule has 2 rings (SSSR count). The van der Waals surface area contributed by atoms with Crippen molar-refractivity contribution in [2.75, 3.05) is 40.9 Å². The Kier molecular flexibility index (Phi) is 10.00. The maximum Gasteiger partial charge on any atom is 0.228 e. The second-order valence-electron chi connectivity index (χ2n) is 8.78. The molecule has 0 aliphatic heterocycles. The van der Waals surface area contributed by atoms with E-state index >= 15 is 0 Å². The second-order valence-corrected chi connectivity index (χ2v) is 10.7. The van der Waals surface area contributed by atoms with Gasteiger partial charge in [-0.15, -0.1) is 0 Å². The minimum absolute atomic E-state index is 0.0158. The number of hydrogen-bond donors (Lipinski definition) is 0. The number of halogens is 1. The van der Waals surface area contributed by atoms with Gasteiger partial charge in [-0.3, -0.25) is 4.79 Å². The van der Waals surface area contributed by atoms with Crippen LogP contribution in [0, 0.1) is 11.7 Å². The summed E-state index contributed by atoms with van der Waals surface area (Å²) < 4.78 is 46.3. The highest BCUT2D eigenvalue weighted by Gasteiger charge is 2.26. The fourth-order valence-electron chi connectivity index (χ4n) is 3.34. The van der Waals surface area contributed by atoms with Crippen LogP contribution in [0.25, 0.3) is 0 Å². The van der Waals surface area contributed by atoms with E-state index in [1.165, 1.54) is 30.5 Å². The minimum atomic E-state index is -3.81. The van der Waals surface area contributed by atoms with Crippen LogP contribution in [0.1, 0.15) is 31.5 Å². The summed E-state index contributed by atoms with van der Waals surface area (Å²) in [6.07, 6.45) is 1.92. The molecule has 0 saturated heterocycles. The van der Waals surface area contributed by atoms with E-state index in [0.29, 0.717) is 37.4 Å². The summed E-state index contributed by atoms with van der Waals surface area (Å²) in [5.74, 6) is -0.497. The highest BCUT2D eigenvalue weighted by molar-refractivity contribution is 7.90. The van der Waals surface area contributed by atoms with Crippen LogP contribution >= 0.6 is 0 Å². The molecule has 1 amide bonds. The number of nitrogens with zero attached hydrogens (tertiary/aromatic N) is 4. The first-order chi connectivity index (χ1) is 15.5. The summed E-state index contributed by atoms with van der Waals surface area (Å²) in [5.41, 5.74) is 1.10. The zero-order valence-electron chi connectivity index (χ0n) is 20.1. The molecule has 0 unspecified atom stereocenters. The van der Waals surface area contributed by atoms with E-state index in [-0.39, 0.29) is 35.8 Å². The first-order valence-electron chi connectivity index (χ1n) is 11.0. The lowest BCUT2D eigenvalue weighted by Crippen LogP contribution is -2.37. The van der Waals surface area contributed by atoms with Crippen molar-refractivity contribution in [2.24, 2.45) is 5.92 Å². The average molecular weight is 483 g/mol. The van der Waals surface area contributed by atoms with E-state index < -0.39 is 15.7 Å². The Balaban J connectivity index is 2.35. The van der Waals surface area contributed by atoms with Crippen molar-refractivity contribution in [1.29, 1.82) is 0 Å². The van der Waals surface area contributed by atoms with Crippen molar-refractivity contribution in [1.82, 2.24) is 19.4 Å². The van der Waals surface area contributed by atoms with Crippen molar-refractivity contribution in [2.45, 2.75) is 44.3 Å². The molecule has 0 saturated carbocycles. The molecule has 0 fully saturated rings. The molecular formula is C23H35FN4O4S. The Bertz CT molecular complexity index is 1000. The fourth-order valence-corrected chi connectivity index (χ4v) is 4.86. The van der Waals surface area contributed by atoms with Crippen LogP contribution in [0.15, 0.2) is 35.6 Å². The highest BCUT2D eigenvalue weighted by Crippen LogP contribution is 2.20. The van der Waals surface area contributed by atoms with E-state index in [1.54, 1.807) is 16.6 Å². The molecule has 2 aromatic rings. The quantitative estimate of drug-likeness (QED) is 0.436. The van der Waals surface area contributed by atoms with E-state index in [1.807, 2.05) is 32.8 Å². The van der Waals surface area contributed by atoms with Crippen LogP contribution in [0.2, 0.25) is 0 Å². The molecule has 0 aliphatic carbocycles. The van der Waals surface area contributed by atoms with Crippen molar-refractivity contribution < 1.29 is 22.3 Å². The monoisotopic (exact) mass is 482 g/mol. The zero-order valence-corrected chi connectivity index (χ0v) is 20.9. The Labute approximate surface area is 196 Å². The number of carbonyl (C=O) groups excluding carboxylic acids is 1. The smallest absolute Gasteiger partial charge is 0.228 e. The molecule has 33 heavy (non-hydrogen) atoms. The van der Waals surface area contributed by atoms with Gasteiger partial charge in [0.1, 0.15) is 5.82 Å². The third kappa shape index (κ3) is 8.21. The molecule has 1 aromatic heterocycles. The lowest BCUT2D eigenvalue weighted by Gasteiger charge is -2.26. The third-order valence-electron chi connectivity index (χ3n) is 5.07. The van der Waals surface area contributed by atoms with Gasteiger partial charge in [-0.1, -0.05) is 26.0 Å². The first kappa shape index (κ1) is 26.9. The third-order valence-corrected chi connectivity index (χ3v) is 6.67. The van der Waals surface area contributed by atoms with Crippen molar-refractivity contribution in [3.05, 3.63) is 47.5 Å². The molecule has 0 aliphatic rings. The standard InChI is InChI=1S/C23H35FN4O4S/c1-18(2)14-22(29)27(11-10-26(3)4)16-21-15-25-23(28(21)12-13-32-5)33(30,31)17-19-6-8-20(24)9-7-19/h6-9,15,18H,10-14,16-17H2,1-5H3. The summed E-state index contributed by atoms with van der Waals surface area (Å²) in [7, 11) is 1.61. The molecule has 1 aromatic carbocycles. The Morgan fingerprint density at radius 2 is 1.85 bits per heavy atom. The number of aromatic nitrogens is 2. The van der Waals surface area contributed by atoms with Gasteiger partial charge in [0, 0.05) is 33.2 Å². The molecule has 0 bridgehead atoms. The number of imidazole rings is 1. The maximum absolute atomic E-state index is 13.2. The number of methoxy groups -OCH3 is 1. The van der Waals surface area contributed by atoms with E-state index in [2.05, 4.69) is 4.98 Å². The fraction of sp³-hybridized carbons (Fsp3) is 0.565. The van der Waals surface area contributed by atoms with Crippen LogP contribution < -0.4 is 0 Å². The molecule has 1 heterocycles. The predicted octanol–water partition coefficient (Wildman–Crippen LogP) is 2.58. The predicted molar refractivity (Wildman–Crippen MR) is 125 cm³/mol. The van der Waals surface area contributed by atoms with Gasteiger partial charge in [-0.05, 0) is 37.7 Å². The van der Waals surface area contributed by atoms with E-state index in [4.69, 9.17) is 4.74 Å². The van der Waals surface area contributed by atoms with Gasteiger partial charge in [0.15, 0.2) is 0 Å². The van der Waals surface area contributed by atoms with Crippen molar-refractivity contribution in [3.8, 4) is 0 Å². The van der Waals surface area contributed by atoms with E-state index in [0.717, 1.165) is 0 Å². The second kappa shape index (κ2) is 12.2. The molecule has 10 heteroatoms. The van der Waals surface area contributed by atoms with Crippen molar-refractivity contribution >= 4 is 15.7 Å². The Hall–Kier alpha value is -2.30. The molecule has 0 N–H and O–H groups in total. The SMILES string of the molecule is COCCn1c(CN(CCN(C)C)C(=O)CC(C)C)cnc1S(=O)(=O)Cc1ccc(F)cc1. The van der Waals surface area contributed by atoms with Gasteiger partial charge in [0.25, 0.3) is 0 Å². The number of amides is 1. The van der Waals surface area contributed by atoms with Crippen LogP contribution in [0.3, 0.4) is 0 Å². The van der Waals surface area contributed by atoms with Gasteiger partial charge >= 0.3 is 0 Å². The van der Waals surface area contributed by atoms with Crippen LogP contribution in [-0.2, 0) is 38.2 Å². The van der Waals surface area contributed by atoms with Crippen LogP contribution in [-0.4, -0.2) is 74.6 Å². The molecule has 0 atom stereocenters. The number of carbonyl (C=O) groups is 1. The molecule has 8 nitrogen and oxygen atoms in total. The van der Waals surface area contributed by atoms with Gasteiger partial charge in [0.05, 0.1) is 30.8 Å². The van der Waals surface area contributed by atoms with Gasteiger partial charge < -0.3 is 19.1 Å². The van der Waals surface area contributed by atoms with Crippen LogP contribution in [0.4, 0.5) is 4.39 Å². The Morgan fingerprint density at radius 3 is 2.42 bits per heavy atom. The van der Waals surface area contributed by atoms with Crippen molar-refractivity contribution in [3.63, 3.8) is 0 Å². The van der Waals surface area contributed by atoms with Gasteiger partial charge in [-0.2, -0.15) is 0 Å². The molecule has 0 radical (unpaired) electrons. The minimum Gasteiger partial charge on any atom is -0.383 e. The number of rotatable bonds is 13. The molecule has 184 valence electrons. The summed E-state index contributed by atoms with van der Waals surface area (Å²) in [6.45, 7) is 6.01. The van der Waals surface area contributed by atoms with Crippen LogP contribution in [0.5, 0.6) is 0 Å². The summed E-state index contributed by atoms with van der Waals surface area (Å²) in [4.78, 5) is 20.8. The number of benzene rings is 1. The summed E-state index contributed by atoms with van der Waals surface area (Å²) in [5, 5.41) is -0.0808. The number of hydrogen-bond acceptors (Lipinski definition) is 6. The maximum atomic E-state index is 13.2. The Morgan fingerprint density at radius 1 is 1.18 bits per heavy atom. The van der Waals surface area contributed by atoms with E-state index in [9.17, 15) is 17.6 Å². The van der Waals surface area contributed by atoms with Gasteiger partial charge in [-0.25, -0.2) is 17.8 Å². The lowest BCUT2D eigenvalue weighted by atomic mass is 10.1. The first-order valence-corrected chi connectivity index (χ1v) is 12.6. The highest BCUT2D eigenvalue weighted by atomic mass is 32.2.